The lowest BCUT2D eigenvalue weighted by Crippen LogP contribution is -2.37. The van der Waals surface area contributed by atoms with Gasteiger partial charge in [-0.3, -0.25) is 0 Å². The Morgan fingerprint density at radius 2 is 1.90 bits per heavy atom. The van der Waals surface area contributed by atoms with Crippen LogP contribution < -0.4 is 10.6 Å². The van der Waals surface area contributed by atoms with E-state index in [4.69, 9.17) is 6.42 Å². The zero-order valence-electron chi connectivity index (χ0n) is 11.1. The van der Waals surface area contributed by atoms with Crippen LogP contribution in [0.1, 0.15) is 18.1 Å². The number of hydrogen-bond donors (Lipinski definition) is 2. The molecule has 0 saturated heterocycles. The number of aliphatic imine (C=N–C) groups is 1. The van der Waals surface area contributed by atoms with Crippen LogP contribution in [0.3, 0.4) is 0 Å². The number of guanidine groups is 1. The molecule has 0 unspecified atom stereocenters. The third kappa shape index (κ3) is 5.22. The molecule has 0 radical (unpaired) electrons. The lowest BCUT2D eigenvalue weighted by atomic mass is 10.1. The number of nitrogens with one attached hydrogen (secondary N) is 2. The molecule has 0 heterocycles. The van der Waals surface area contributed by atoms with Crippen molar-refractivity contribution < 1.29 is 13.2 Å². The fourth-order valence-corrected chi connectivity index (χ4v) is 1.45. The highest BCUT2D eigenvalue weighted by molar-refractivity contribution is 5.79. The second-order valence-corrected chi connectivity index (χ2v) is 3.95. The Labute approximate surface area is 116 Å². The Balaban J connectivity index is 2.69. The van der Waals surface area contributed by atoms with Gasteiger partial charge in [-0.2, -0.15) is 13.2 Å². The maximum absolute atomic E-state index is 12.4. The van der Waals surface area contributed by atoms with Gasteiger partial charge in [0.15, 0.2) is 5.96 Å². The Hall–Kier alpha value is -2.16. The summed E-state index contributed by atoms with van der Waals surface area (Å²) in [6.07, 6.45) is 0.821. The minimum absolute atomic E-state index is 0.276. The highest BCUT2D eigenvalue weighted by Crippen LogP contribution is 2.29. The van der Waals surface area contributed by atoms with Crippen molar-refractivity contribution in [3.63, 3.8) is 0 Å². The first kappa shape index (κ1) is 15.9. The zero-order valence-corrected chi connectivity index (χ0v) is 11.1. The number of terminal acetylenes is 1. The maximum Gasteiger partial charge on any atom is 0.416 e. The van der Waals surface area contributed by atoms with Crippen LogP contribution >= 0.6 is 0 Å². The van der Waals surface area contributed by atoms with E-state index in [1.54, 1.807) is 0 Å². The summed E-state index contributed by atoms with van der Waals surface area (Å²) < 4.78 is 37.2. The first-order valence-corrected chi connectivity index (χ1v) is 6.09. The van der Waals surface area contributed by atoms with E-state index in [1.807, 2.05) is 6.92 Å². The molecule has 1 aromatic carbocycles. The SMILES string of the molecule is C#CCNC(=NCc1ccc(C(F)(F)F)cc1)NCC. The van der Waals surface area contributed by atoms with Gasteiger partial charge < -0.3 is 10.6 Å². The molecule has 20 heavy (non-hydrogen) atoms. The predicted octanol–water partition coefficient (Wildman–Crippen LogP) is 2.39. The standard InChI is InChI=1S/C14H16F3N3/c1-3-9-19-13(18-4-2)20-10-11-5-7-12(8-6-11)14(15,16)17/h1,5-8H,4,9-10H2,2H3,(H2,18,19,20). The van der Waals surface area contributed by atoms with Crippen LogP contribution in [0.4, 0.5) is 13.2 Å². The summed E-state index contributed by atoms with van der Waals surface area (Å²) in [5, 5.41) is 5.89. The summed E-state index contributed by atoms with van der Waals surface area (Å²) in [6, 6.07) is 4.92. The van der Waals surface area contributed by atoms with E-state index in [9.17, 15) is 13.2 Å². The number of alkyl halides is 3. The number of halogens is 3. The lowest BCUT2D eigenvalue weighted by Gasteiger charge is -2.09. The van der Waals surface area contributed by atoms with Crippen LogP contribution in [0.2, 0.25) is 0 Å². The van der Waals surface area contributed by atoms with E-state index in [-0.39, 0.29) is 6.54 Å². The average Bonchev–Trinajstić information content (AvgIpc) is 2.41. The molecule has 0 aliphatic heterocycles. The third-order valence-electron chi connectivity index (χ3n) is 2.40. The van der Waals surface area contributed by atoms with Crippen molar-refractivity contribution in [2.75, 3.05) is 13.1 Å². The molecule has 1 rings (SSSR count). The quantitative estimate of drug-likeness (QED) is 0.506. The Bertz CT molecular complexity index is 484. The molecule has 108 valence electrons. The molecule has 1 aromatic rings. The zero-order chi connectivity index (χ0) is 15.0. The van der Waals surface area contributed by atoms with Gasteiger partial charge in [0.05, 0.1) is 18.7 Å². The molecule has 6 heteroatoms. The monoisotopic (exact) mass is 283 g/mol. The lowest BCUT2D eigenvalue weighted by molar-refractivity contribution is -0.137. The van der Waals surface area contributed by atoms with Crippen molar-refractivity contribution in [3.05, 3.63) is 35.4 Å². The molecule has 0 atom stereocenters. The van der Waals surface area contributed by atoms with Gasteiger partial charge in [0, 0.05) is 6.54 Å². The first-order chi connectivity index (χ1) is 9.47. The molecule has 2 N–H and O–H groups in total. The van der Waals surface area contributed by atoms with Gasteiger partial charge >= 0.3 is 6.18 Å². The molecular formula is C14H16F3N3. The highest BCUT2D eigenvalue weighted by atomic mass is 19.4. The summed E-state index contributed by atoms with van der Waals surface area (Å²) in [5.41, 5.74) is 0.0264. The maximum atomic E-state index is 12.4. The summed E-state index contributed by atoms with van der Waals surface area (Å²) in [6.45, 7) is 3.19. The number of rotatable bonds is 4. The van der Waals surface area contributed by atoms with Crippen molar-refractivity contribution in [3.8, 4) is 12.3 Å². The molecule has 0 saturated carbocycles. The van der Waals surface area contributed by atoms with Crippen LogP contribution in [0.5, 0.6) is 0 Å². The van der Waals surface area contributed by atoms with Gasteiger partial charge in [-0.15, -0.1) is 6.42 Å². The number of nitrogens with zero attached hydrogens (tertiary/aromatic N) is 1. The predicted molar refractivity (Wildman–Crippen MR) is 73.1 cm³/mol. The average molecular weight is 283 g/mol. The van der Waals surface area contributed by atoms with Crippen molar-refractivity contribution in [1.29, 1.82) is 0 Å². The van der Waals surface area contributed by atoms with E-state index >= 15 is 0 Å². The number of hydrogen-bond acceptors (Lipinski definition) is 1. The van der Waals surface area contributed by atoms with Crippen LogP contribution in [0, 0.1) is 12.3 Å². The van der Waals surface area contributed by atoms with Crippen LogP contribution in [0.25, 0.3) is 0 Å². The normalized spacial score (nSPS) is 11.8. The summed E-state index contributed by atoms with van der Waals surface area (Å²) in [4.78, 5) is 4.23. The Kier molecular flexibility index (Phi) is 5.91. The van der Waals surface area contributed by atoms with E-state index in [0.29, 0.717) is 24.6 Å². The summed E-state index contributed by atoms with van der Waals surface area (Å²) in [5.74, 6) is 2.95. The fourth-order valence-electron chi connectivity index (χ4n) is 1.45. The molecule has 0 amide bonds. The minimum Gasteiger partial charge on any atom is -0.357 e. The van der Waals surface area contributed by atoms with Crippen LogP contribution in [0.15, 0.2) is 29.3 Å². The third-order valence-corrected chi connectivity index (χ3v) is 2.40. The topological polar surface area (TPSA) is 36.4 Å². The second kappa shape index (κ2) is 7.43. The first-order valence-electron chi connectivity index (χ1n) is 6.09. The van der Waals surface area contributed by atoms with Gasteiger partial charge in [-0.05, 0) is 24.6 Å². The fraction of sp³-hybridized carbons (Fsp3) is 0.357. The largest absolute Gasteiger partial charge is 0.416 e. The van der Waals surface area contributed by atoms with Crippen molar-refractivity contribution >= 4 is 5.96 Å². The second-order valence-electron chi connectivity index (χ2n) is 3.95. The van der Waals surface area contributed by atoms with Crippen LogP contribution in [-0.4, -0.2) is 19.0 Å². The van der Waals surface area contributed by atoms with Crippen molar-refractivity contribution in [2.45, 2.75) is 19.6 Å². The highest BCUT2D eigenvalue weighted by Gasteiger charge is 2.29. The molecule has 0 aromatic heterocycles. The van der Waals surface area contributed by atoms with E-state index in [1.165, 1.54) is 12.1 Å². The van der Waals surface area contributed by atoms with Crippen molar-refractivity contribution in [2.24, 2.45) is 4.99 Å². The minimum atomic E-state index is -4.31. The molecule has 0 aliphatic rings. The molecule has 0 aliphatic carbocycles. The Morgan fingerprint density at radius 3 is 2.40 bits per heavy atom. The molecule has 0 spiro atoms. The summed E-state index contributed by atoms with van der Waals surface area (Å²) >= 11 is 0. The van der Waals surface area contributed by atoms with Gasteiger partial charge in [0.1, 0.15) is 0 Å². The van der Waals surface area contributed by atoms with Gasteiger partial charge in [0.25, 0.3) is 0 Å². The van der Waals surface area contributed by atoms with E-state index in [0.717, 1.165) is 12.1 Å². The molecular weight excluding hydrogens is 267 g/mol. The molecule has 0 fully saturated rings. The number of benzene rings is 1. The van der Waals surface area contributed by atoms with Crippen molar-refractivity contribution in [1.82, 2.24) is 10.6 Å². The molecule has 0 bridgehead atoms. The van der Waals surface area contributed by atoms with E-state index < -0.39 is 11.7 Å². The van der Waals surface area contributed by atoms with Gasteiger partial charge in [0.2, 0.25) is 0 Å². The van der Waals surface area contributed by atoms with Gasteiger partial charge in [-0.25, -0.2) is 4.99 Å². The van der Waals surface area contributed by atoms with E-state index in [2.05, 4.69) is 21.5 Å². The van der Waals surface area contributed by atoms with Gasteiger partial charge in [-0.1, -0.05) is 18.1 Å². The Morgan fingerprint density at radius 1 is 1.25 bits per heavy atom. The smallest absolute Gasteiger partial charge is 0.357 e. The van der Waals surface area contributed by atoms with Crippen LogP contribution in [-0.2, 0) is 12.7 Å². The summed E-state index contributed by atoms with van der Waals surface area (Å²) in [7, 11) is 0. The molecule has 3 nitrogen and oxygen atoms in total.